The van der Waals surface area contributed by atoms with Gasteiger partial charge in [-0.25, -0.2) is 4.79 Å². The van der Waals surface area contributed by atoms with E-state index in [0.29, 0.717) is 18.8 Å². The number of halogens is 2. The van der Waals surface area contributed by atoms with Crippen molar-refractivity contribution in [2.24, 2.45) is 11.8 Å². The van der Waals surface area contributed by atoms with Crippen LogP contribution >= 0.6 is 23.2 Å². The van der Waals surface area contributed by atoms with Crippen LogP contribution in [0.5, 0.6) is 23.0 Å². The number of nitrogens with one attached hydrogen (secondary N) is 3. The third-order valence-corrected chi connectivity index (χ3v) is 16.6. The molecule has 0 spiro atoms. The summed E-state index contributed by atoms with van der Waals surface area (Å²) in [4.78, 5) is 81.5. The lowest BCUT2D eigenvalue weighted by molar-refractivity contribution is -0.140. The Labute approximate surface area is 493 Å². The van der Waals surface area contributed by atoms with E-state index in [1.807, 2.05) is 77.9 Å². The number of pyridine rings is 2. The quantitative estimate of drug-likeness (QED) is 0.101. The Morgan fingerprint density at radius 3 is 1.46 bits per heavy atom. The molecule has 2 aliphatic carbocycles. The fourth-order valence-electron chi connectivity index (χ4n) is 11.9. The number of aromatic nitrogens is 2. The van der Waals surface area contributed by atoms with Crippen molar-refractivity contribution in [1.82, 2.24) is 40.6 Å². The molecule has 2 saturated carbocycles. The number of carbonyl (C=O) groups excluding carboxylic acids is 5. The van der Waals surface area contributed by atoms with Gasteiger partial charge in [0, 0.05) is 56.1 Å². The smallest absolute Gasteiger partial charge is 0.410 e. The third-order valence-electron chi connectivity index (χ3n) is 16.6. The number of likely N-dealkylation sites (tertiary alicyclic amines) is 2. The molecule has 0 bridgehead atoms. The van der Waals surface area contributed by atoms with Crippen LogP contribution in [0.2, 0.25) is 0 Å². The van der Waals surface area contributed by atoms with Gasteiger partial charge in [0.2, 0.25) is 37.2 Å². The van der Waals surface area contributed by atoms with E-state index in [1.165, 1.54) is 11.3 Å². The zero-order valence-electron chi connectivity index (χ0n) is 48.6. The van der Waals surface area contributed by atoms with Crippen molar-refractivity contribution < 1.29 is 47.7 Å². The summed E-state index contributed by atoms with van der Waals surface area (Å²) in [6.45, 7) is 10.6. The lowest BCUT2D eigenvalue weighted by Crippen LogP contribution is -2.56. The van der Waals surface area contributed by atoms with E-state index >= 15 is 0 Å². The minimum Gasteiger partial charge on any atom is -0.454 e. The maximum atomic E-state index is 14.3. The van der Waals surface area contributed by atoms with E-state index in [0.717, 1.165) is 134 Å². The van der Waals surface area contributed by atoms with Crippen LogP contribution < -0.4 is 34.9 Å². The molecule has 6 atom stereocenters. The molecule has 2 saturated heterocycles. The van der Waals surface area contributed by atoms with E-state index in [4.69, 9.17) is 46.9 Å². The number of nitrogens with zero attached hydrogens (tertiary/aromatic N) is 5. The number of carbonyl (C=O) groups is 5. The minimum atomic E-state index is -0.800. The van der Waals surface area contributed by atoms with Gasteiger partial charge < -0.3 is 49.4 Å². The highest BCUT2D eigenvalue weighted by atomic mass is 35.5. The van der Waals surface area contributed by atoms with E-state index in [2.05, 4.69) is 38.1 Å². The molecule has 5 amide bonds. The van der Waals surface area contributed by atoms with Gasteiger partial charge in [0.1, 0.15) is 23.7 Å². The van der Waals surface area contributed by atoms with Crippen molar-refractivity contribution in [3.63, 3.8) is 0 Å². The van der Waals surface area contributed by atoms with Gasteiger partial charge in [0.25, 0.3) is 0 Å². The summed E-state index contributed by atoms with van der Waals surface area (Å²) in [7, 11) is 3.31. The average Bonchev–Trinajstić information content (AvgIpc) is 4.45. The second kappa shape index (κ2) is 28.7. The molecule has 6 heterocycles. The van der Waals surface area contributed by atoms with Crippen LogP contribution in [-0.4, -0.2) is 130 Å². The van der Waals surface area contributed by atoms with Crippen LogP contribution in [-0.2, 0) is 23.9 Å². The van der Waals surface area contributed by atoms with E-state index < -0.39 is 29.8 Å². The Balaban J connectivity index is 0.000000208. The van der Waals surface area contributed by atoms with Crippen LogP contribution in [0.25, 0.3) is 22.3 Å². The van der Waals surface area contributed by atoms with Gasteiger partial charge in [-0.05, 0) is 164 Å². The molecule has 4 fully saturated rings. The molecule has 20 heteroatoms. The lowest BCUT2D eigenvalue weighted by atomic mass is 9.83. The summed E-state index contributed by atoms with van der Waals surface area (Å²) >= 11 is 9.53. The normalized spacial score (nSPS) is 20.0. The van der Waals surface area contributed by atoms with Crippen LogP contribution in [0, 0.1) is 11.8 Å². The fourth-order valence-corrected chi connectivity index (χ4v) is 11.9. The van der Waals surface area contributed by atoms with Gasteiger partial charge in [-0.3, -0.25) is 34.0 Å². The molecule has 4 aromatic rings. The number of rotatable bonds is 14. The van der Waals surface area contributed by atoms with Crippen LogP contribution in [0.4, 0.5) is 4.79 Å². The topological polar surface area (TPSA) is 203 Å². The largest absolute Gasteiger partial charge is 0.454 e. The zero-order chi connectivity index (χ0) is 58.5. The first-order valence-electron chi connectivity index (χ1n) is 29.1. The Morgan fingerprint density at radius 1 is 0.610 bits per heavy atom. The van der Waals surface area contributed by atoms with Gasteiger partial charge in [-0.1, -0.05) is 50.7 Å². The van der Waals surface area contributed by atoms with Gasteiger partial charge in [0.15, 0.2) is 23.0 Å². The molecule has 2 aromatic carbocycles. The zero-order valence-corrected chi connectivity index (χ0v) is 50.1. The molecule has 82 heavy (non-hydrogen) atoms. The van der Waals surface area contributed by atoms with Crippen molar-refractivity contribution in [1.29, 1.82) is 0 Å². The summed E-state index contributed by atoms with van der Waals surface area (Å²) in [5.41, 5.74) is 5.18. The minimum absolute atomic E-state index is 0.0366. The molecule has 444 valence electrons. The van der Waals surface area contributed by atoms with Gasteiger partial charge >= 0.3 is 6.09 Å². The molecule has 2 aromatic heterocycles. The number of fused-ring (bicyclic) bond motifs is 2. The Bertz CT molecular complexity index is 2840. The van der Waals surface area contributed by atoms with Crippen molar-refractivity contribution in [2.75, 3.05) is 46.1 Å². The number of hydrogen-bond donors (Lipinski definition) is 3. The summed E-state index contributed by atoms with van der Waals surface area (Å²) in [5, 5.41) is 9.37. The highest BCUT2D eigenvalue weighted by molar-refractivity contribution is 6.40. The van der Waals surface area contributed by atoms with E-state index in [9.17, 15) is 24.0 Å². The number of ether oxygens (including phenoxy) is 5. The van der Waals surface area contributed by atoms with Crippen LogP contribution in [0.15, 0.2) is 73.3 Å². The Morgan fingerprint density at radius 2 is 1.04 bits per heavy atom. The second-order valence-electron chi connectivity index (χ2n) is 23.2. The van der Waals surface area contributed by atoms with Crippen molar-refractivity contribution in [3.8, 4) is 45.3 Å². The molecule has 4 aliphatic heterocycles. The van der Waals surface area contributed by atoms with E-state index in [-0.39, 0.29) is 72.5 Å². The Hall–Kier alpha value is -6.37. The molecule has 0 radical (unpaired) electrons. The molecule has 10 rings (SSSR count). The number of hydrogen-bond acceptors (Lipinski definition) is 13. The van der Waals surface area contributed by atoms with Gasteiger partial charge in [0.05, 0.1) is 23.5 Å². The number of likely N-dealkylation sites (N-methyl/N-ethyl adjacent to an activating group) is 2. The van der Waals surface area contributed by atoms with E-state index in [1.54, 1.807) is 41.8 Å². The predicted molar refractivity (Wildman–Crippen MR) is 315 cm³/mol. The third kappa shape index (κ3) is 15.4. The standard InChI is InChI=1S/C33H44N4O6.C28H36N4O4.CH2Cl2/c1-21(36(5)32(40)43-33(2,3)4)30(38)35-29(22-10-7-6-8-11-22)31(39)37-15-9-12-26(37)25-16-24(18-34-19-25)23-13-14-27-28(17-23)42-20-41-27;1-18(29-2)27(33)31-26(19-7-4-3-5-8-19)28(34)32-12-6-9-23(32)22-13-21(15-30-16-22)20-10-11-24-25(14-20)36-17-35-24;2-1-3/h13-14,16-19,21-22,26,29H,6-12,15,20H2,1-5H3,(H,35,38);10-11,13-16,18-19,23,26,29H,3-9,12,17H2,1-2H3,(H,31,33);1H2/t21-,26-,29-;18-,23-,26-;/m00./s1. The van der Waals surface area contributed by atoms with Crippen LogP contribution in [0.1, 0.15) is 148 Å². The number of benzene rings is 2. The summed E-state index contributed by atoms with van der Waals surface area (Å²) in [6, 6.07) is 13.4. The highest BCUT2D eigenvalue weighted by Crippen LogP contribution is 2.41. The van der Waals surface area contributed by atoms with Gasteiger partial charge in [-0.2, -0.15) is 0 Å². The van der Waals surface area contributed by atoms with Crippen molar-refractivity contribution in [2.45, 2.75) is 166 Å². The fraction of sp³-hybridized carbons (Fsp3) is 0.565. The second-order valence-corrected chi connectivity index (χ2v) is 24.0. The average molecular weight is 1170 g/mol. The maximum Gasteiger partial charge on any atom is 0.410 e. The molecule has 6 aliphatic rings. The first kappa shape index (κ1) is 61.7. The van der Waals surface area contributed by atoms with Gasteiger partial charge in [-0.15, -0.1) is 23.2 Å². The highest BCUT2D eigenvalue weighted by Gasteiger charge is 2.42. The molecular weight excluding hydrogens is 1090 g/mol. The van der Waals surface area contributed by atoms with Crippen molar-refractivity contribution in [3.05, 3.63) is 84.4 Å². The molecule has 0 unspecified atom stereocenters. The molecule has 18 nitrogen and oxygen atoms in total. The Kier molecular flexibility index (Phi) is 21.6. The first-order valence-corrected chi connectivity index (χ1v) is 30.2. The lowest BCUT2D eigenvalue weighted by Gasteiger charge is -2.36. The van der Waals surface area contributed by atoms with Crippen molar-refractivity contribution >= 4 is 52.9 Å². The predicted octanol–water partition coefficient (Wildman–Crippen LogP) is 10.7. The summed E-state index contributed by atoms with van der Waals surface area (Å²) < 4.78 is 27.5. The molecule has 3 N–H and O–H groups in total. The summed E-state index contributed by atoms with van der Waals surface area (Å²) in [6.07, 6.45) is 20.6. The van der Waals surface area contributed by atoms with Crippen LogP contribution in [0.3, 0.4) is 0 Å². The number of alkyl halides is 2. The first-order chi connectivity index (χ1) is 39.5. The summed E-state index contributed by atoms with van der Waals surface area (Å²) in [5.74, 6) is 2.63. The maximum absolute atomic E-state index is 14.3. The number of amides is 5. The molecular formula is C62H82Cl2N8O10. The SMILES string of the molecule is CN[C@@H](C)C(=O)N[C@H](C(=O)N1CCC[C@H]1c1cncc(-c2ccc3c(c2)OCO3)c1)C1CCCCC1.C[C@@H](C(=O)N[C@H](C(=O)N1CCC[C@H]1c1cncc(-c2ccc3c(c2)OCO3)c1)C1CCCCC1)N(C)C(=O)OC(C)(C)C.ClCCl. The monoisotopic (exact) mass is 1170 g/mol.